The van der Waals surface area contributed by atoms with Crippen LogP contribution in [0.25, 0.3) is 21.8 Å². The summed E-state index contributed by atoms with van der Waals surface area (Å²) in [6.45, 7) is 7.40. The van der Waals surface area contributed by atoms with Gasteiger partial charge in [0.1, 0.15) is 22.7 Å². The zero-order valence-electron chi connectivity index (χ0n) is 14.3. The van der Waals surface area contributed by atoms with Gasteiger partial charge in [0.2, 0.25) is 0 Å². The van der Waals surface area contributed by atoms with E-state index in [2.05, 4.69) is 0 Å². The predicted molar refractivity (Wildman–Crippen MR) is 97.4 cm³/mol. The molecule has 0 saturated heterocycles. The topological polar surface area (TPSA) is 39.4 Å². The molecular weight excluding hydrogens is 320 g/mol. The first kappa shape index (κ1) is 16.5. The molecule has 3 nitrogen and oxygen atoms in total. The first-order valence-electron chi connectivity index (χ1n) is 7.83. The minimum Gasteiger partial charge on any atom is -0.460 e. The van der Waals surface area contributed by atoms with E-state index in [4.69, 9.17) is 9.15 Å². The molecule has 1 aromatic carbocycles. The Balaban J connectivity index is 2.19. The van der Waals surface area contributed by atoms with Crippen LogP contribution in [0.15, 0.2) is 52.3 Å². The van der Waals surface area contributed by atoms with E-state index >= 15 is 0 Å². The van der Waals surface area contributed by atoms with Crippen LogP contribution in [0.2, 0.25) is 0 Å². The van der Waals surface area contributed by atoms with Crippen molar-refractivity contribution in [2.45, 2.75) is 33.3 Å². The van der Waals surface area contributed by atoms with Gasteiger partial charge in [0.15, 0.2) is 0 Å². The molecule has 0 spiro atoms. The van der Waals surface area contributed by atoms with Gasteiger partial charge < -0.3 is 9.15 Å². The average molecular weight is 340 g/mol. The second-order valence-electron chi connectivity index (χ2n) is 6.58. The molecule has 0 bridgehead atoms. The fourth-order valence-corrected chi connectivity index (χ4v) is 3.34. The van der Waals surface area contributed by atoms with Crippen LogP contribution >= 0.6 is 11.3 Å². The van der Waals surface area contributed by atoms with Crippen LogP contribution in [0.5, 0.6) is 0 Å². The number of hydrogen-bond acceptors (Lipinski definition) is 4. The van der Waals surface area contributed by atoms with Crippen molar-refractivity contribution in [1.29, 1.82) is 0 Å². The fraction of sp³-hybridized carbons (Fsp3) is 0.250. The van der Waals surface area contributed by atoms with E-state index in [1.165, 1.54) is 0 Å². The van der Waals surface area contributed by atoms with Crippen LogP contribution in [0.4, 0.5) is 0 Å². The molecule has 2 heterocycles. The lowest BCUT2D eigenvalue weighted by Gasteiger charge is -2.19. The molecule has 0 N–H and O–H groups in total. The highest BCUT2D eigenvalue weighted by Crippen LogP contribution is 2.41. The first-order valence-corrected chi connectivity index (χ1v) is 8.71. The third kappa shape index (κ3) is 3.29. The molecule has 0 radical (unpaired) electrons. The summed E-state index contributed by atoms with van der Waals surface area (Å²) in [5, 5.41) is 1.99. The number of aryl methyl sites for hydroxylation is 1. The number of furan rings is 1. The molecule has 3 rings (SSSR count). The van der Waals surface area contributed by atoms with E-state index in [-0.39, 0.29) is 5.97 Å². The second kappa shape index (κ2) is 6.29. The van der Waals surface area contributed by atoms with Gasteiger partial charge in [-0.05, 0) is 39.1 Å². The number of ether oxygens (including phenoxy) is 1. The van der Waals surface area contributed by atoms with Crippen LogP contribution in [0, 0.1) is 6.92 Å². The van der Waals surface area contributed by atoms with Crippen LogP contribution in [0.1, 0.15) is 36.9 Å². The lowest BCUT2D eigenvalue weighted by Crippen LogP contribution is -2.24. The molecule has 0 aliphatic heterocycles. The maximum atomic E-state index is 12.8. The molecule has 0 fully saturated rings. The Hall–Kier alpha value is -2.33. The van der Waals surface area contributed by atoms with E-state index in [0.29, 0.717) is 17.1 Å². The SMILES string of the molecule is Cc1oc(-c2ccccc2)c(-c2cccs2)c1C(=O)OC(C)(C)C. The molecule has 24 heavy (non-hydrogen) atoms. The third-order valence-corrected chi connectivity index (χ3v) is 4.38. The highest BCUT2D eigenvalue weighted by Gasteiger charge is 2.29. The van der Waals surface area contributed by atoms with Crippen molar-refractivity contribution in [3.05, 3.63) is 59.2 Å². The molecule has 0 aliphatic rings. The van der Waals surface area contributed by atoms with Crippen molar-refractivity contribution >= 4 is 17.3 Å². The molecule has 4 heteroatoms. The zero-order valence-corrected chi connectivity index (χ0v) is 15.1. The highest BCUT2D eigenvalue weighted by molar-refractivity contribution is 7.13. The molecule has 0 saturated carbocycles. The molecule has 0 unspecified atom stereocenters. The van der Waals surface area contributed by atoms with Gasteiger partial charge in [0.05, 0.1) is 5.56 Å². The standard InChI is InChI=1S/C20H20O3S/c1-13-16(19(21)23-20(2,3)4)17(15-11-8-12-24-15)18(22-13)14-9-6-5-7-10-14/h5-12H,1-4H3. The number of thiophene rings is 1. The largest absolute Gasteiger partial charge is 0.460 e. The summed E-state index contributed by atoms with van der Waals surface area (Å²) in [6.07, 6.45) is 0. The van der Waals surface area contributed by atoms with E-state index in [0.717, 1.165) is 16.0 Å². The summed E-state index contributed by atoms with van der Waals surface area (Å²) in [7, 11) is 0. The van der Waals surface area contributed by atoms with Gasteiger partial charge in [0.25, 0.3) is 0 Å². The van der Waals surface area contributed by atoms with Crippen LogP contribution in [-0.4, -0.2) is 11.6 Å². The number of rotatable bonds is 3. The zero-order chi connectivity index (χ0) is 17.3. The van der Waals surface area contributed by atoms with Crippen molar-refractivity contribution in [3.63, 3.8) is 0 Å². The fourth-order valence-electron chi connectivity index (χ4n) is 2.57. The quantitative estimate of drug-likeness (QED) is 0.554. The Morgan fingerprint density at radius 1 is 1.08 bits per heavy atom. The molecular formula is C20H20O3S. The predicted octanol–water partition coefficient (Wildman–Crippen LogP) is 5.94. The van der Waals surface area contributed by atoms with Gasteiger partial charge in [0, 0.05) is 10.4 Å². The molecule has 2 aromatic heterocycles. The van der Waals surface area contributed by atoms with Gasteiger partial charge in [-0.3, -0.25) is 0 Å². The lowest BCUT2D eigenvalue weighted by atomic mass is 10.0. The normalized spacial score (nSPS) is 11.5. The maximum absolute atomic E-state index is 12.8. The average Bonchev–Trinajstić information content (AvgIpc) is 3.13. The lowest BCUT2D eigenvalue weighted by molar-refractivity contribution is 0.00687. The van der Waals surface area contributed by atoms with E-state index < -0.39 is 5.60 Å². The van der Waals surface area contributed by atoms with E-state index in [9.17, 15) is 4.79 Å². The Bertz CT molecular complexity index is 837. The summed E-state index contributed by atoms with van der Waals surface area (Å²) < 4.78 is 11.6. The summed E-state index contributed by atoms with van der Waals surface area (Å²) in [5.74, 6) is 0.928. The van der Waals surface area contributed by atoms with Crippen LogP contribution in [-0.2, 0) is 4.74 Å². The Morgan fingerprint density at radius 3 is 2.38 bits per heavy atom. The summed E-state index contributed by atoms with van der Waals surface area (Å²) in [5.41, 5.74) is 1.70. The van der Waals surface area contributed by atoms with Gasteiger partial charge in [-0.15, -0.1) is 11.3 Å². The minimum absolute atomic E-state index is 0.352. The number of carbonyl (C=O) groups excluding carboxylic acids is 1. The number of hydrogen-bond donors (Lipinski definition) is 0. The van der Waals surface area contributed by atoms with Gasteiger partial charge in [-0.25, -0.2) is 4.79 Å². The highest BCUT2D eigenvalue weighted by atomic mass is 32.1. The molecule has 0 atom stereocenters. The van der Waals surface area contributed by atoms with Gasteiger partial charge >= 0.3 is 5.97 Å². The molecule has 0 aliphatic carbocycles. The van der Waals surface area contributed by atoms with Crippen molar-refractivity contribution in [3.8, 4) is 21.8 Å². The van der Waals surface area contributed by atoms with E-state index in [1.807, 2.05) is 75.5 Å². The van der Waals surface area contributed by atoms with Crippen LogP contribution < -0.4 is 0 Å². The second-order valence-corrected chi connectivity index (χ2v) is 7.53. The van der Waals surface area contributed by atoms with Crippen molar-refractivity contribution in [2.24, 2.45) is 0 Å². The minimum atomic E-state index is -0.555. The van der Waals surface area contributed by atoms with Gasteiger partial charge in [-0.1, -0.05) is 36.4 Å². The molecule has 3 aromatic rings. The van der Waals surface area contributed by atoms with Crippen molar-refractivity contribution in [1.82, 2.24) is 0 Å². The third-order valence-electron chi connectivity index (χ3n) is 3.49. The summed E-state index contributed by atoms with van der Waals surface area (Å²) in [4.78, 5) is 13.8. The maximum Gasteiger partial charge on any atom is 0.342 e. The molecule has 124 valence electrons. The van der Waals surface area contributed by atoms with Crippen molar-refractivity contribution < 1.29 is 13.9 Å². The summed E-state index contributed by atoms with van der Waals surface area (Å²) >= 11 is 1.58. The monoisotopic (exact) mass is 340 g/mol. The first-order chi connectivity index (χ1) is 11.4. The molecule has 0 amide bonds. The van der Waals surface area contributed by atoms with E-state index in [1.54, 1.807) is 11.3 Å². The Morgan fingerprint density at radius 2 is 1.79 bits per heavy atom. The number of carbonyl (C=O) groups is 1. The smallest absolute Gasteiger partial charge is 0.342 e. The number of benzene rings is 1. The van der Waals surface area contributed by atoms with Crippen molar-refractivity contribution in [2.75, 3.05) is 0 Å². The Labute approximate surface area is 145 Å². The number of esters is 1. The van der Waals surface area contributed by atoms with Gasteiger partial charge in [-0.2, -0.15) is 0 Å². The summed E-state index contributed by atoms with van der Waals surface area (Å²) in [6, 6.07) is 13.8. The Kier molecular flexibility index (Phi) is 4.33. The van der Waals surface area contributed by atoms with Crippen LogP contribution in [0.3, 0.4) is 0 Å².